The second-order valence-electron chi connectivity index (χ2n) is 6.31. The molecule has 1 N–H and O–H groups in total. The molecule has 2 heterocycles. The third-order valence-corrected chi connectivity index (χ3v) is 4.42. The summed E-state index contributed by atoms with van der Waals surface area (Å²) in [6, 6.07) is 7.28. The first-order valence-electron chi connectivity index (χ1n) is 8.46. The Morgan fingerprint density at radius 2 is 1.92 bits per heavy atom. The average molecular weight is 357 g/mol. The second kappa shape index (κ2) is 7.51. The van der Waals surface area contributed by atoms with E-state index in [9.17, 15) is 18.8 Å². The second-order valence-corrected chi connectivity index (χ2v) is 6.31. The lowest BCUT2D eigenvalue weighted by Gasteiger charge is -2.29. The summed E-state index contributed by atoms with van der Waals surface area (Å²) in [6.45, 7) is 2.69. The Morgan fingerprint density at radius 1 is 1.19 bits per heavy atom. The van der Waals surface area contributed by atoms with Crippen LogP contribution in [0.3, 0.4) is 0 Å². The molecule has 2 aromatic rings. The van der Waals surface area contributed by atoms with Crippen LogP contribution in [0.15, 0.2) is 41.3 Å². The summed E-state index contributed by atoms with van der Waals surface area (Å²) in [5.41, 5.74) is 2.22. The minimum Gasteiger partial charge on any atom is -0.356 e. The molecule has 0 saturated heterocycles. The molecule has 0 saturated carbocycles. The van der Waals surface area contributed by atoms with E-state index in [-0.39, 0.29) is 29.6 Å². The van der Waals surface area contributed by atoms with Crippen molar-refractivity contribution in [1.82, 2.24) is 14.8 Å². The summed E-state index contributed by atoms with van der Waals surface area (Å²) in [5, 5.41) is 2.61. The minimum absolute atomic E-state index is 0.0380. The van der Waals surface area contributed by atoms with Gasteiger partial charge in [-0.15, -0.1) is 0 Å². The van der Waals surface area contributed by atoms with E-state index in [2.05, 4.69) is 5.32 Å². The molecule has 0 aliphatic carbocycles. The molecule has 26 heavy (non-hydrogen) atoms. The van der Waals surface area contributed by atoms with Crippen LogP contribution in [0.25, 0.3) is 5.69 Å². The number of nitrogens with zero attached hydrogens (tertiary/aromatic N) is 2. The van der Waals surface area contributed by atoms with E-state index >= 15 is 0 Å². The van der Waals surface area contributed by atoms with Crippen LogP contribution in [0.2, 0.25) is 0 Å². The first-order chi connectivity index (χ1) is 12.4. The number of benzene rings is 1. The maximum Gasteiger partial charge on any atom is 0.255 e. The Bertz CT molecular complexity index is 890. The van der Waals surface area contributed by atoms with Crippen LogP contribution in [0.5, 0.6) is 0 Å². The van der Waals surface area contributed by atoms with Gasteiger partial charge in [0, 0.05) is 50.9 Å². The highest BCUT2D eigenvalue weighted by molar-refractivity contribution is 5.78. The summed E-state index contributed by atoms with van der Waals surface area (Å²) in [7, 11) is 0. The van der Waals surface area contributed by atoms with E-state index in [1.807, 2.05) is 0 Å². The predicted molar refractivity (Wildman–Crippen MR) is 94.4 cm³/mol. The molecular formula is C19H20FN3O3. The Kier molecular flexibility index (Phi) is 5.16. The van der Waals surface area contributed by atoms with Gasteiger partial charge in [-0.1, -0.05) is 0 Å². The highest BCUT2D eigenvalue weighted by atomic mass is 19.1. The van der Waals surface area contributed by atoms with Crippen LogP contribution in [-0.4, -0.2) is 34.4 Å². The lowest BCUT2D eigenvalue weighted by Crippen LogP contribution is -2.38. The van der Waals surface area contributed by atoms with Crippen molar-refractivity contribution in [3.63, 3.8) is 0 Å². The Labute approximate surface area is 150 Å². The molecule has 6 nitrogen and oxygen atoms in total. The SMILES string of the molecule is CC(=O)NCCC(=O)N1CCc2cc(=O)n(-c3ccc(F)cc3)cc2C1. The van der Waals surface area contributed by atoms with Crippen LogP contribution in [-0.2, 0) is 22.6 Å². The maximum absolute atomic E-state index is 13.1. The Morgan fingerprint density at radius 3 is 2.62 bits per heavy atom. The summed E-state index contributed by atoms with van der Waals surface area (Å²) in [5.74, 6) is -0.565. The lowest BCUT2D eigenvalue weighted by molar-refractivity contribution is -0.132. The van der Waals surface area contributed by atoms with Gasteiger partial charge in [0.25, 0.3) is 5.56 Å². The molecule has 0 unspecified atom stereocenters. The van der Waals surface area contributed by atoms with Crippen molar-refractivity contribution in [1.29, 1.82) is 0 Å². The van der Waals surface area contributed by atoms with Gasteiger partial charge in [0.1, 0.15) is 5.82 Å². The average Bonchev–Trinajstić information content (AvgIpc) is 2.61. The van der Waals surface area contributed by atoms with E-state index in [0.29, 0.717) is 31.7 Å². The number of pyridine rings is 1. The van der Waals surface area contributed by atoms with Gasteiger partial charge in [-0.25, -0.2) is 4.39 Å². The molecule has 1 aliphatic heterocycles. The zero-order valence-corrected chi connectivity index (χ0v) is 14.5. The Hall–Kier alpha value is -2.96. The van der Waals surface area contributed by atoms with Crippen molar-refractivity contribution in [2.24, 2.45) is 0 Å². The van der Waals surface area contributed by atoms with Crippen LogP contribution in [0.4, 0.5) is 4.39 Å². The molecule has 1 aliphatic rings. The summed E-state index contributed by atoms with van der Waals surface area (Å²) < 4.78 is 14.6. The van der Waals surface area contributed by atoms with Gasteiger partial charge >= 0.3 is 0 Å². The van der Waals surface area contributed by atoms with Crippen LogP contribution in [0.1, 0.15) is 24.5 Å². The molecule has 0 fully saturated rings. The number of fused-ring (bicyclic) bond motifs is 1. The van der Waals surface area contributed by atoms with E-state index in [1.165, 1.54) is 23.6 Å². The summed E-state index contributed by atoms with van der Waals surface area (Å²) in [6.07, 6.45) is 2.57. The third-order valence-electron chi connectivity index (χ3n) is 4.42. The van der Waals surface area contributed by atoms with Crippen molar-refractivity contribution in [2.45, 2.75) is 26.3 Å². The van der Waals surface area contributed by atoms with Gasteiger partial charge in [-0.3, -0.25) is 19.0 Å². The van der Waals surface area contributed by atoms with Crippen LogP contribution in [0, 0.1) is 5.82 Å². The van der Waals surface area contributed by atoms with Gasteiger partial charge in [-0.2, -0.15) is 0 Å². The standard InChI is InChI=1S/C19H20FN3O3/c1-13(24)21-8-6-18(25)22-9-7-14-10-19(26)23(12-15(14)11-22)17-4-2-16(20)3-5-17/h2-5,10,12H,6-9,11H2,1H3,(H,21,24). The maximum atomic E-state index is 13.1. The van der Waals surface area contributed by atoms with Crippen LogP contribution < -0.4 is 10.9 Å². The fourth-order valence-electron chi connectivity index (χ4n) is 3.05. The number of halogens is 1. The third kappa shape index (κ3) is 3.99. The molecule has 0 spiro atoms. The van der Waals surface area contributed by atoms with E-state index < -0.39 is 0 Å². The van der Waals surface area contributed by atoms with Gasteiger partial charge in [0.2, 0.25) is 11.8 Å². The molecule has 7 heteroatoms. The molecular weight excluding hydrogens is 337 g/mol. The monoisotopic (exact) mass is 357 g/mol. The van der Waals surface area contributed by atoms with Crippen LogP contribution >= 0.6 is 0 Å². The number of hydrogen-bond acceptors (Lipinski definition) is 3. The molecule has 2 amide bonds. The molecule has 0 atom stereocenters. The Balaban J connectivity index is 1.78. The lowest BCUT2D eigenvalue weighted by atomic mass is 10.0. The number of aromatic nitrogens is 1. The van der Waals surface area contributed by atoms with E-state index in [4.69, 9.17) is 0 Å². The molecule has 0 radical (unpaired) electrons. The van der Waals surface area contributed by atoms with Gasteiger partial charge in [0.05, 0.1) is 0 Å². The van der Waals surface area contributed by atoms with Crippen molar-refractivity contribution in [3.8, 4) is 5.69 Å². The number of carbonyl (C=O) groups is 2. The zero-order chi connectivity index (χ0) is 18.7. The van der Waals surface area contributed by atoms with Gasteiger partial charge in [0.15, 0.2) is 0 Å². The van der Waals surface area contributed by atoms with E-state index in [0.717, 1.165) is 11.1 Å². The molecule has 136 valence electrons. The highest BCUT2D eigenvalue weighted by Crippen LogP contribution is 2.19. The van der Waals surface area contributed by atoms with Crippen molar-refractivity contribution in [3.05, 3.63) is 63.8 Å². The minimum atomic E-state index is -0.365. The van der Waals surface area contributed by atoms with Crippen molar-refractivity contribution >= 4 is 11.8 Å². The predicted octanol–water partition coefficient (Wildman–Crippen LogP) is 1.39. The highest BCUT2D eigenvalue weighted by Gasteiger charge is 2.21. The van der Waals surface area contributed by atoms with Gasteiger partial charge < -0.3 is 10.2 Å². The van der Waals surface area contributed by atoms with E-state index in [1.54, 1.807) is 29.3 Å². The summed E-state index contributed by atoms with van der Waals surface area (Å²) >= 11 is 0. The van der Waals surface area contributed by atoms with Crippen molar-refractivity contribution in [2.75, 3.05) is 13.1 Å². The summed E-state index contributed by atoms with van der Waals surface area (Å²) in [4.78, 5) is 37.3. The number of nitrogens with one attached hydrogen (secondary N) is 1. The topological polar surface area (TPSA) is 71.4 Å². The fraction of sp³-hybridized carbons (Fsp3) is 0.316. The van der Waals surface area contributed by atoms with Crippen molar-refractivity contribution < 1.29 is 14.0 Å². The number of carbonyl (C=O) groups excluding carboxylic acids is 2. The smallest absolute Gasteiger partial charge is 0.255 e. The quantitative estimate of drug-likeness (QED) is 0.899. The molecule has 1 aromatic carbocycles. The number of amides is 2. The molecule has 0 bridgehead atoms. The normalized spacial score (nSPS) is 13.2. The number of hydrogen-bond donors (Lipinski definition) is 1. The molecule has 1 aromatic heterocycles. The largest absolute Gasteiger partial charge is 0.356 e. The fourth-order valence-corrected chi connectivity index (χ4v) is 3.05. The first kappa shape index (κ1) is 17.8. The molecule has 3 rings (SSSR count). The van der Waals surface area contributed by atoms with Gasteiger partial charge in [-0.05, 0) is 41.8 Å². The first-order valence-corrected chi connectivity index (χ1v) is 8.46. The zero-order valence-electron chi connectivity index (χ0n) is 14.5. The number of rotatable bonds is 4.